The van der Waals surface area contributed by atoms with Crippen LogP contribution < -0.4 is 14.9 Å². The summed E-state index contributed by atoms with van der Waals surface area (Å²) < 4.78 is 12.2. The number of nitrogens with zero attached hydrogens (tertiary/aromatic N) is 1. The average molecular weight is 604 g/mol. The highest BCUT2D eigenvalue weighted by Gasteiger charge is 2.13. The molecule has 0 atom stereocenters. The summed E-state index contributed by atoms with van der Waals surface area (Å²) in [6.07, 6.45) is 1.52. The van der Waals surface area contributed by atoms with E-state index in [0.717, 1.165) is 20.3 Å². The van der Waals surface area contributed by atoms with Gasteiger partial charge >= 0.3 is 0 Å². The first-order valence-corrected chi connectivity index (χ1v) is 11.5. The smallest absolute Gasteiger partial charge is 0.272 e. The molecule has 32 heavy (non-hydrogen) atoms. The number of hydrogen-bond donors (Lipinski definition) is 1. The molecule has 0 aliphatic carbocycles. The minimum Gasteiger partial charge on any atom is -0.493 e. The molecule has 0 heterocycles. The molecule has 0 aromatic heterocycles. The Kier molecular flexibility index (Phi) is 8.64. The summed E-state index contributed by atoms with van der Waals surface area (Å²) >= 11 is 20.4. The highest BCUT2D eigenvalue weighted by Crippen LogP contribution is 2.35. The van der Waals surface area contributed by atoms with Crippen LogP contribution in [0.1, 0.15) is 27.0 Å². The number of hydrogen-bond acceptors (Lipinski definition) is 4. The lowest BCUT2D eigenvalue weighted by atomic mass is 10.1. The van der Waals surface area contributed by atoms with Crippen LogP contribution in [-0.4, -0.2) is 19.2 Å². The number of carbonyl (C=O) groups excluding carboxylic acids is 1. The van der Waals surface area contributed by atoms with Gasteiger partial charge in [0.15, 0.2) is 11.5 Å². The molecule has 3 aromatic carbocycles. The Hall–Kier alpha value is -2.00. The summed E-state index contributed by atoms with van der Waals surface area (Å²) in [5.74, 6) is 0.704. The normalized spacial score (nSPS) is 10.9. The minimum absolute atomic E-state index is 0.253. The van der Waals surface area contributed by atoms with Crippen LogP contribution in [0.2, 0.25) is 15.1 Å². The zero-order valence-electron chi connectivity index (χ0n) is 17.1. The summed E-state index contributed by atoms with van der Waals surface area (Å²) in [6, 6.07) is 14.1. The van der Waals surface area contributed by atoms with Gasteiger partial charge in [-0.1, -0.05) is 46.9 Å². The molecule has 1 N–H and O–H groups in total. The van der Waals surface area contributed by atoms with E-state index in [1.165, 1.54) is 6.21 Å². The fraction of sp³-hybridized carbons (Fsp3) is 0.130. The highest BCUT2D eigenvalue weighted by molar-refractivity contribution is 14.1. The van der Waals surface area contributed by atoms with Gasteiger partial charge in [0, 0.05) is 15.6 Å². The Labute approximate surface area is 214 Å². The number of ether oxygens (including phenoxy) is 2. The van der Waals surface area contributed by atoms with Gasteiger partial charge in [-0.15, -0.1) is 0 Å². The maximum absolute atomic E-state index is 12.3. The maximum Gasteiger partial charge on any atom is 0.272 e. The molecule has 0 saturated carbocycles. The van der Waals surface area contributed by atoms with Crippen molar-refractivity contribution < 1.29 is 14.3 Å². The zero-order chi connectivity index (χ0) is 23.3. The first-order chi connectivity index (χ1) is 15.3. The molecular formula is C23H18Cl3IN2O3. The molecule has 166 valence electrons. The van der Waals surface area contributed by atoms with E-state index in [-0.39, 0.29) is 6.61 Å². The van der Waals surface area contributed by atoms with Crippen LogP contribution in [0.3, 0.4) is 0 Å². The van der Waals surface area contributed by atoms with Crippen LogP contribution in [0, 0.1) is 10.5 Å². The summed E-state index contributed by atoms with van der Waals surface area (Å²) in [4.78, 5) is 12.3. The van der Waals surface area contributed by atoms with E-state index in [1.807, 2.05) is 25.1 Å². The Morgan fingerprint density at radius 1 is 1.09 bits per heavy atom. The zero-order valence-corrected chi connectivity index (χ0v) is 21.5. The molecule has 0 aliphatic heterocycles. The van der Waals surface area contributed by atoms with Gasteiger partial charge in [-0.05, 0) is 77.0 Å². The Morgan fingerprint density at radius 2 is 1.88 bits per heavy atom. The van der Waals surface area contributed by atoms with Crippen LogP contribution in [0.5, 0.6) is 11.5 Å². The second kappa shape index (κ2) is 11.2. The summed E-state index contributed by atoms with van der Waals surface area (Å²) in [5, 5.41) is 5.49. The second-order valence-electron chi connectivity index (χ2n) is 6.74. The molecule has 0 bridgehead atoms. The third-order valence-corrected chi connectivity index (χ3v) is 6.09. The second-order valence-corrected chi connectivity index (χ2v) is 9.15. The van der Waals surface area contributed by atoms with Gasteiger partial charge in [0.25, 0.3) is 5.91 Å². The fourth-order valence-electron chi connectivity index (χ4n) is 2.77. The van der Waals surface area contributed by atoms with Crippen molar-refractivity contribution >= 4 is 69.5 Å². The third-order valence-electron chi connectivity index (χ3n) is 4.39. The van der Waals surface area contributed by atoms with E-state index in [4.69, 9.17) is 44.3 Å². The van der Waals surface area contributed by atoms with Crippen LogP contribution in [0.15, 0.2) is 53.6 Å². The Bertz CT molecular complexity index is 1190. The fourth-order valence-corrected chi connectivity index (χ4v) is 4.34. The minimum atomic E-state index is -0.396. The number of halogens is 4. The van der Waals surface area contributed by atoms with Crippen molar-refractivity contribution in [2.75, 3.05) is 7.11 Å². The van der Waals surface area contributed by atoms with E-state index in [1.54, 1.807) is 37.4 Å². The first-order valence-electron chi connectivity index (χ1n) is 9.32. The summed E-state index contributed by atoms with van der Waals surface area (Å²) in [7, 11) is 1.55. The molecule has 1 amide bonds. The van der Waals surface area contributed by atoms with E-state index in [0.29, 0.717) is 32.1 Å². The van der Waals surface area contributed by atoms with E-state index in [9.17, 15) is 4.79 Å². The first kappa shape index (κ1) is 24.6. The number of benzene rings is 3. The van der Waals surface area contributed by atoms with Crippen LogP contribution >= 0.6 is 57.4 Å². The lowest BCUT2D eigenvalue weighted by molar-refractivity contribution is 0.0955. The SMILES string of the molecule is COc1cc(/C=N\NC(=O)c2ccc(C)cc2Cl)cc(I)c1OCc1ccc(Cl)cc1Cl. The molecular weight excluding hydrogens is 586 g/mol. The number of carbonyl (C=O) groups is 1. The molecule has 3 aromatic rings. The van der Waals surface area contributed by atoms with Gasteiger partial charge in [-0.3, -0.25) is 4.79 Å². The van der Waals surface area contributed by atoms with Crippen molar-refractivity contribution in [2.45, 2.75) is 13.5 Å². The predicted octanol–water partition coefficient (Wildman–Crippen LogP) is 6.91. The largest absolute Gasteiger partial charge is 0.493 e. The summed E-state index contributed by atoms with van der Waals surface area (Å²) in [5.41, 5.74) is 5.33. The van der Waals surface area contributed by atoms with E-state index in [2.05, 4.69) is 33.1 Å². The molecule has 5 nitrogen and oxygen atoms in total. The molecule has 0 aliphatic rings. The molecule has 0 saturated heterocycles. The van der Waals surface area contributed by atoms with Gasteiger partial charge < -0.3 is 9.47 Å². The molecule has 0 radical (unpaired) electrons. The molecule has 0 fully saturated rings. The van der Waals surface area contributed by atoms with Gasteiger partial charge in [-0.25, -0.2) is 5.43 Å². The van der Waals surface area contributed by atoms with Crippen LogP contribution in [0.4, 0.5) is 0 Å². The quantitative estimate of drug-likeness (QED) is 0.181. The number of methoxy groups -OCH3 is 1. The van der Waals surface area contributed by atoms with Gasteiger partial charge in [0.2, 0.25) is 0 Å². The number of amides is 1. The van der Waals surface area contributed by atoms with E-state index >= 15 is 0 Å². The van der Waals surface area contributed by atoms with E-state index < -0.39 is 5.91 Å². The topological polar surface area (TPSA) is 59.9 Å². The van der Waals surface area contributed by atoms with Gasteiger partial charge in [-0.2, -0.15) is 5.10 Å². The number of hydrazone groups is 1. The van der Waals surface area contributed by atoms with Crippen LogP contribution in [-0.2, 0) is 6.61 Å². The third kappa shape index (κ3) is 6.28. The molecule has 9 heteroatoms. The number of nitrogens with one attached hydrogen (secondary N) is 1. The van der Waals surface area contributed by atoms with Crippen molar-refractivity contribution in [1.82, 2.24) is 5.43 Å². The van der Waals surface area contributed by atoms with Crippen molar-refractivity contribution in [3.8, 4) is 11.5 Å². The van der Waals surface area contributed by atoms with Crippen molar-refractivity contribution in [1.29, 1.82) is 0 Å². The van der Waals surface area contributed by atoms with Crippen LogP contribution in [0.25, 0.3) is 0 Å². The Morgan fingerprint density at radius 3 is 2.56 bits per heavy atom. The van der Waals surface area contributed by atoms with Crippen molar-refractivity contribution in [3.63, 3.8) is 0 Å². The van der Waals surface area contributed by atoms with Gasteiger partial charge in [0.05, 0.1) is 27.5 Å². The molecule has 0 unspecified atom stereocenters. The number of aryl methyl sites for hydroxylation is 1. The molecule has 3 rings (SSSR count). The summed E-state index contributed by atoms with van der Waals surface area (Å²) in [6.45, 7) is 2.15. The average Bonchev–Trinajstić information content (AvgIpc) is 2.73. The lowest BCUT2D eigenvalue weighted by Gasteiger charge is -2.14. The monoisotopic (exact) mass is 602 g/mol. The van der Waals surface area contributed by atoms with Crippen molar-refractivity contribution in [3.05, 3.63) is 89.4 Å². The predicted molar refractivity (Wildman–Crippen MR) is 138 cm³/mol. The van der Waals surface area contributed by atoms with Crippen molar-refractivity contribution in [2.24, 2.45) is 5.10 Å². The Balaban J connectivity index is 1.71. The van der Waals surface area contributed by atoms with Gasteiger partial charge in [0.1, 0.15) is 6.61 Å². The standard InChI is InChI=1S/C23H18Cl3IN2O3/c1-13-3-6-17(19(26)7-13)23(30)29-28-11-14-8-20(27)22(21(9-14)31-2)32-12-15-4-5-16(24)10-18(15)25/h3-11H,12H2,1-2H3,(H,29,30)/b28-11-. The number of rotatable bonds is 7. The maximum atomic E-state index is 12.3. The lowest BCUT2D eigenvalue weighted by Crippen LogP contribution is -2.18. The molecule has 0 spiro atoms. The highest BCUT2D eigenvalue weighted by atomic mass is 127.